The normalized spacial score (nSPS) is 13.1. The van der Waals surface area contributed by atoms with E-state index in [1.165, 1.54) is 12.8 Å². The average Bonchev–Trinajstić information content (AvgIpc) is 3.54. The zero-order valence-electron chi connectivity index (χ0n) is 17.6. The van der Waals surface area contributed by atoms with Gasteiger partial charge in [0.25, 0.3) is 5.91 Å². The van der Waals surface area contributed by atoms with Crippen molar-refractivity contribution in [3.63, 3.8) is 0 Å². The number of aromatic nitrogens is 2. The maximum absolute atomic E-state index is 12.8. The van der Waals surface area contributed by atoms with Crippen LogP contribution >= 0.6 is 0 Å². The number of nitrogens with one attached hydrogen (secondary N) is 1. The number of aromatic carboxylic acids is 1. The third-order valence-electron chi connectivity index (χ3n) is 5.55. The molecule has 7 heteroatoms. The summed E-state index contributed by atoms with van der Waals surface area (Å²) in [5.74, 6) is 0.0680. The number of ether oxygens (including phenoxy) is 1. The monoisotopic (exact) mass is 419 g/mol. The lowest BCUT2D eigenvalue weighted by Gasteiger charge is -2.13. The van der Waals surface area contributed by atoms with E-state index in [0.717, 1.165) is 22.5 Å². The standard InChI is InChI=1S/C24H25N3O4/c1-15-20(23(28)25-13-19-12-21(17-10-11-17)26-27(19)2)4-3-5-22(15)31-14-16-6-8-18(9-7-16)24(29)30/h3-9,12,17H,10-11,13-14H2,1-2H3,(H,25,28)(H,29,30). The van der Waals surface area contributed by atoms with Gasteiger partial charge in [-0.2, -0.15) is 5.10 Å². The van der Waals surface area contributed by atoms with Crippen LogP contribution in [-0.2, 0) is 20.2 Å². The summed E-state index contributed by atoms with van der Waals surface area (Å²) in [6.07, 6.45) is 2.39. The van der Waals surface area contributed by atoms with E-state index in [1.807, 2.05) is 24.7 Å². The number of carbonyl (C=O) groups is 2. The first kappa shape index (κ1) is 20.7. The topological polar surface area (TPSA) is 93.4 Å². The van der Waals surface area contributed by atoms with Crippen LogP contribution in [0.4, 0.5) is 0 Å². The van der Waals surface area contributed by atoms with Gasteiger partial charge in [-0.15, -0.1) is 0 Å². The van der Waals surface area contributed by atoms with E-state index >= 15 is 0 Å². The van der Waals surface area contributed by atoms with E-state index in [2.05, 4.69) is 16.5 Å². The molecule has 0 unspecified atom stereocenters. The van der Waals surface area contributed by atoms with E-state index in [9.17, 15) is 9.59 Å². The molecule has 0 bridgehead atoms. The predicted octanol–water partition coefficient (Wildman–Crippen LogP) is 3.81. The van der Waals surface area contributed by atoms with Crippen LogP contribution < -0.4 is 10.1 Å². The maximum atomic E-state index is 12.8. The van der Waals surface area contributed by atoms with Crippen molar-refractivity contribution in [2.75, 3.05) is 0 Å². The van der Waals surface area contributed by atoms with Crippen molar-refractivity contribution in [2.45, 2.75) is 38.8 Å². The molecule has 31 heavy (non-hydrogen) atoms. The van der Waals surface area contributed by atoms with Gasteiger partial charge in [0.1, 0.15) is 12.4 Å². The minimum atomic E-state index is -0.961. The van der Waals surface area contributed by atoms with Gasteiger partial charge in [-0.1, -0.05) is 18.2 Å². The Labute approximate surface area is 180 Å². The summed E-state index contributed by atoms with van der Waals surface area (Å²) < 4.78 is 7.72. The van der Waals surface area contributed by atoms with Crippen LogP contribution in [0.15, 0.2) is 48.5 Å². The van der Waals surface area contributed by atoms with E-state index in [4.69, 9.17) is 9.84 Å². The van der Waals surface area contributed by atoms with Gasteiger partial charge in [-0.05, 0) is 55.7 Å². The van der Waals surface area contributed by atoms with Gasteiger partial charge in [-0.3, -0.25) is 9.48 Å². The van der Waals surface area contributed by atoms with Crippen molar-refractivity contribution in [2.24, 2.45) is 7.05 Å². The van der Waals surface area contributed by atoms with Crippen LogP contribution in [0, 0.1) is 6.92 Å². The van der Waals surface area contributed by atoms with Gasteiger partial charge in [0.2, 0.25) is 0 Å². The number of nitrogens with zero attached hydrogens (tertiary/aromatic N) is 2. The lowest BCUT2D eigenvalue weighted by molar-refractivity contribution is 0.0696. The molecular formula is C24H25N3O4. The van der Waals surface area contributed by atoms with Crippen molar-refractivity contribution < 1.29 is 19.4 Å². The number of amides is 1. The van der Waals surface area contributed by atoms with Gasteiger partial charge >= 0.3 is 5.97 Å². The first-order valence-electron chi connectivity index (χ1n) is 10.3. The Morgan fingerprint density at radius 2 is 1.94 bits per heavy atom. The van der Waals surface area contributed by atoms with Crippen molar-refractivity contribution in [3.8, 4) is 5.75 Å². The zero-order valence-corrected chi connectivity index (χ0v) is 17.6. The summed E-state index contributed by atoms with van der Waals surface area (Å²) in [4.78, 5) is 23.7. The van der Waals surface area contributed by atoms with Crippen molar-refractivity contribution in [1.82, 2.24) is 15.1 Å². The van der Waals surface area contributed by atoms with Crippen molar-refractivity contribution in [3.05, 3.63) is 82.2 Å². The number of benzene rings is 2. The van der Waals surface area contributed by atoms with Crippen LogP contribution in [0.3, 0.4) is 0 Å². The van der Waals surface area contributed by atoms with Crippen molar-refractivity contribution in [1.29, 1.82) is 0 Å². The number of rotatable bonds is 8. The largest absolute Gasteiger partial charge is 0.489 e. The Hall–Kier alpha value is -3.61. The fraction of sp³-hybridized carbons (Fsp3) is 0.292. The second-order valence-electron chi connectivity index (χ2n) is 7.86. The molecule has 0 aliphatic heterocycles. The number of hydrogen-bond acceptors (Lipinski definition) is 4. The Morgan fingerprint density at radius 1 is 1.19 bits per heavy atom. The molecule has 1 fully saturated rings. The second-order valence-corrected chi connectivity index (χ2v) is 7.86. The number of carbonyl (C=O) groups excluding carboxylic acids is 1. The second kappa shape index (κ2) is 8.63. The molecule has 1 saturated carbocycles. The van der Waals surface area contributed by atoms with Gasteiger partial charge in [-0.25, -0.2) is 4.79 Å². The highest BCUT2D eigenvalue weighted by Gasteiger charge is 2.26. The van der Waals surface area contributed by atoms with E-state index in [0.29, 0.717) is 23.8 Å². The summed E-state index contributed by atoms with van der Waals surface area (Å²) in [6.45, 7) is 2.55. The summed E-state index contributed by atoms with van der Waals surface area (Å²) in [5, 5.41) is 16.5. The first-order chi connectivity index (χ1) is 14.9. The van der Waals surface area contributed by atoms with Gasteiger partial charge in [0, 0.05) is 24.1 Å². The fourth-order valence-electron chi connectivity index (χ4n) is 3.46. The molecule has 1 aliphatic carbocycles. The minimum absolute atomic E-state index is 0.164. The Kier molecular flexibility index (Phi) is 5.75. The molecule has 1 aliphatic rings. The van der Waals surface area contributed by atoms with Crippen LogP contribution in [0.5, 0.6) is 5.75 Å². The lowest BCUT2D eigenvalue weighted by atomic mass is 10.1. The molecule has 0 radical (unpaired) electrons. The highest BCUT2D eigenvalue weighted by molar-refractivity contribution is 5.96. The smallest absolute Gasteiger partial charge is 0.335 e. The molecule has 2 aromatic carbocycles. The highest BCUT2D eigenvalue weighted by atomic mass is 16.5. The molecule has 1 aromatic heterocycles. The number of carboxylic acid groups (broad SMARTS) is 1. The zero-order chi connectivity index (χ0) is 22.0. The maximum Gasteiger partial charge on any atom is 0.335 e. The van der Waals surface area contributed by atoms with Crippen LogP contribution in [0.25, 0.3) is 0 Å². The third-order valence-corrected chi connectivity index (χ3v) is 5.55. The Morgan fingerprint density at radius 3 is 2.61 bits per heavy atom. The molecule has 0 spiro atoms. The van der Waals surface area contributed by atoms with Crippen LogP contribution in [0.1, 0.15) is 62.0 Å². The van der Waals surface area contributed by atoms with E-state index in [-0.39, 0.29) is 18.1 Å². The molecule has 3 aromatic rings. The molecule has 1 amide bonds. The minimum Gasteiger partial charge on any atom is -0.489 e. The SMILES string of the molecule is Cc1c(OCc2ccc(C(=O)O)cc2)cccc1C(=O)NCc1cc(C2CC2)nn1C. The predicted molar refractivity (Wildman–Crippen MR) is 115 cm³/mol. The summed E-state index contributed by atoms with van der Waals surface area (Å²) >= 11 is 0. The third kappa shape index (κ3) is 4.77. The van der Waals surface area contributed by atoms with Gasteiger partial charge < -0.3 is 15.2 Å². The molecule has 7 nitrogen and oxygen atoms in total. The lowest BCUT2D eigenvalue weighted by Crippen LogP contribution is -2.24. The van der Waals surface area contributed by atoms with Crippen molar-refractivity contribution >= 4 is 11.9 Å². The molecule has 1 heterocycles. The molecular weight excluding hydrogens is 394 g/mol. The number of carboxylic acids is 1. The highest BCUT2D eigenvalue weighted by Crippen LogP contribution is 2.39. The average molecular weight is 419 g/mol. The molecule has 0 atom stereocenters. The number of aryl methyl sites for hydroxylation is 1. The first-order valence-corrected chi connectivity index (χ1v) is 10.3. The summed E-state index contributed by atoms with van der Waals surface area (Å²) in [5.41, 5.74) is 4.48. The van der Waals surface area contributed by atoms with Crippen LogP contribution in [0.2, 0.25) is 0 Å². The summed E-state index contributed by atoms with van der Waals surface area (Å²) in [6, 6.07) is 14.0. The Balaban J connectivity index is 1.39. The van der Waals surface area contributed by atoms with E-state index < -0.39 is 5.97 Å². The Bertz CT molecular complexity index is 1110. The number of hydrogen-bond donors (Lipinski definition) is 2. The van der Waals surface area contributed by atoms with Crippen LogP contribution in [-0.4, -0.2) is 26.8 Å². The van der Waals surface area contributed by atoms with Gasteiger partial charge in [0.05, 0.1) is 23.5 Å². The fourth-order valence-corrected chi connectivity index (χ4v) is 3.46. The quantitative estimate of drug-likeness (QED) is 0.579. The molecule has 4 rings (SSSR count). The summed E-state index contributed by atoms with van der Waals surface area (Å²) in [7, 11) is 1.90. The molecule has 2 N–H and O–H groups in total. The molecule has 0 saturated heterocycles. The van der Waals surface area contributed by atoms with Gasteiger partial charge in [0.15, 0.2) is 0 Å². The molecule has 160 valence electrons. The van der Waals surface area contributed by atoms with E-state index in [1.54, 1.807) is 36.4 Å².